The molecule has 0 fully saturated rings. The van der Waals surface area contributed by atoms with Crippen LogP contribution in [0.25, 0.3) is 0 Å². The highest BCUT2D eigenvalue weighted by atomic mass is 79.9. The molecule has 18 heavy (non-hydrogen) atoms. The van der Waals surface area contributed by atoms with Gasteiger partial charge in [-0.3, -0.25) is 0 Å². The minimum absolute atomic E-state index is 0.385. The molecule has 1 aromatic rings. The quantitative estimate of drug-likeness (QED) is 0.731. The van der Waals surface area contributed by atoms with Crippen molar-refractivity contribution in [2.45, 2.75) is 6.54 Å². The molecule has 2 N–H and O–H groups in total. The molecule has 0 aliphatic carbocycles. The van der Waals surface area contributed by atoms with Gasteiger partial charge < -0.3 is 10.1 Å². The number of methoxy groups -OCH3 is 1. The highest BCUT2D eigenvalue weighted by molar-refractivity contribution is 9.10. The van der Waals surface area contributed by atoms with Gasteiger partial charge in [-0.1, -0.05) is 6.07 Å². The lowest BCUT2D eigenvalue weighted by molar-refractivity contribution is 0.412. The SMILES string of the molecule is COc1ccc(CNCCNS(C)(=O)=O)cc1Br. The molecule has 0 saturated carbocycles. The molecule has 102 valence electrons. The van der Waals surface area contributed by atoms with Gasteiger partial charge in [0.05, 0.1) is 17.8 Å². The largest absolute Gasteiger partial charge is 0.496 e. The number of halogens is 1. The van der Waals surface area contributed by atoms with E-state index in [4.69, 9.17) is 4.74 Å². The molecule has 0 saturated heterocycles. The fourth-order valence-electron chi connectivity index (χ4n) is 1.38. The van der Waals surface area contributed by atoms with Gasteiger partial charge in [0.2, 0.25) is 10.0 Å². The molecule has 1 rings (SSSR count). The Kier molecular flexibility index (Phi) is 6.07. The summed E-state index contributed by atoms with van der Waals surface area (Å²) in [5, 5.41) is 3.15. The topological polar surface area (TPSA) is 67.4 Å². The summed E-state index contributed by atoms with van der Waals surface area (Å²) in [6.45, 7) is 1.64. The zero-order valence-corrected chi connectivity index (χ0v) is 12.8. The first-order chi connectivity index (χ1) is 8.42. The predicted molar refractivity (Wildman–Crippen MR) is 75.2 cm³/mol. The van der Waals surface area contributed by atoms with E-state index < -0.39 is 10.0 Å². The van der Waals surface area contributed by atoms with Crippen molar-refractivity contribution in [3.05, 3.63) is 28.2 Å². The van der Waals surface area contributed by atoms with Crippen LogP contribution in [0.4, 0.5) is 0 Å². The Morgan fingerprint density at radius 2 is 2.06 bits per heavy atom. The third-order valence-corrected chi connectivity index (χ3v) is 3.56. The number of hydrogen-bond donors (Lipinski definition) is 2. The van der Waals surface area contributed by atoms with Gasteiger partial charge >= 0.3 is 0 Å². The van der Waals surface area contributed by atoms with E-state index in [-0.39, 0.29) is 0 Å². The Hall–Kier alpha value is -0.630. The molecular weight excluding hydrogens is 320 g/mol. The van der Waals surface area contributed by atoms with Gasteiger partial charge in [0.1, 0.15) is 5.75 Å². The van der Waals surface area contributed by atoms with Crippen LogP contribution < -0.4 is 14.8 Å². The molecule has 0 aliphatic rings. The van der Waals surface area contributed by atoms with Crippen LogP contribution in [-0.4, -0.2) is 34.9 Å². The zero-order valence-electron chi connectivity index (χ0n) is 10.4. The lowest BCUT2D eigenvalue weighted by atomic mass is 10.2. The fourth-order valence-corrected chi connectivity index (χ4v) is 2.44. The van der Waals surface area contributed by atoms with Gasteiger partial charge in [0.25, 0.3) is 0 Å². The van der Waals surface area contributed by atoms with E-state index in [0.29, 0.717) is 19.6 Å². The first kappa shape index (κ1) is 15.4. The molecule has 0 spiro atoms. The maximum absolute atomic E-state index is 10.8. The van der Waals surface area contributed by atoms with Crippen LogP contribution in [0.2, 0.25) is 0 Å². The van der Waals surface area contributed by atoms with E-state index >= 15 is 0 Å². The molecule has 0 bridgehead atoms. The predicted octanol–water partition coefficient (Wildman–Crippen LogP) is 1.10. The molecule has 0 aliphatic heterocycles. The van der Waals surface area contributed by atoms with Crippen LogP contribution in [0.1, 0.15) is 5.56 Å². The van der Waals surface area contributed by atoms with Gasteiger partial charge in [0, 0.05) is 19.6 Å². The summed E-state index contributed by atoms with van der Waals surface area (Å²) in [6.07, 6.45) is 1.15. The van der Waals surface area contributed by atoms with Crippen LogP contribution in [0, 0.1) is 0 Å². The van der Waals surface area contributed by atoms with Crippen LogP contribution >= 0.6 is 15.9 Å². The third-order valence-electron chi connectivity index (χ3n) is 2.21. The second-order valence-corrected chi connectivity index (χ2v) is 6.50. The van der Waals surface area contributed by atoms with Gasteiger partial charge in [-0.15, -0.1) is 0 Å². The number of benzene rings is 1. The van der Waals surface area contributed by atoms with E-state index in [1.807, 2.05) is 18.2 Å². The highest BCUT2D eigenvalue weighted by Crippen LogP contribution is 2.25. The van der Waals surface area contributed by atoms with Crippen LogP contribution in [0.5, 0.6) is 5.75 Å². The summed E-state index contributed by atoms with van der Waals surface area (Å²) >= 11 is 3.41. The van der Waals surface area contributed by atoms with Crippen LogP contribution in [-0.2, 0) is 16.6 Å². The van der Waals surface area contributed by atoms with Crippen molar-refractivity contribution in [2.24, 2.45) is 0 Å². The highest BCUT2D eigenvalue weighted by Gasteiger charge is 2.02. The molecule has 0 unspecified atom stereocenters. The summed E-state index contributed by atoms with van der Waals surface area (Å²) in [6, 6.07) is 5.81. The number of ether oxygens (including phenoxy) is 1. The maximum atomic E-state index is 10.8. The molecular formula is C11H17BrN2O3S. The van der Waals surface area contributed by atoms with Crippen molar-refractivity contribution in [1.82, 2.24) is 10.0 Å². The minimum atomic E-state index is -3.10. The molecule has 5 nitrogen and oxygen atoms in total. The summed E-state index contributed by atoms with van der Waals surface area (Å²) in [5.74, 6) is 0.789. The lowest BCUT2D eigenvalue weighted by Crippen LogP contribution is -2.30. The van der Waals surface area contributed by atoms with E-state index in [0.717, 1.165) is 22.0 Å². The molecule has 7 heteroatoms. The second kappa shape index (κ2) is 7.08. The van der Waals surface area contributed by atoms with Crippen molar-refractivity contribution in [2.75, 3.05) is 26.5 Å². The Balaban J connectivity index is 2.34. The Labute approximate surface area is 116 Å². The number of nitrogens with one attached hydrogen (secondary N) is 2. The summed E-state index contributed by atoms with van der Waals surface area (Å²) < 4.78 is 30.1. The van der Waals surface area contributed by atoms with E-state index in [1.54, 1.807) is 7.11 Å². The van der Waals surface area contributed by atoms with Crippen LogP contribution in [0.3, 0.4) is 0 Å². The monoisotopic (exact) mass is 336 g/mol. The number of rotatable bonds is 7. The summed E-state index contributed by atoms with van der Waals surface area (Å²) in [4.78, 5) is 0. The zero-order chi connectivity index (χ0) is 13.6. The number of hydrogen-bond acceptors (Lipinski definition) is 4. The van der Waals surface area contributed by atoms with Crippen LogP contribution in [0.15, 0.2) is 22.7 Å². The summed E-state index contributed by atoms with van der Waals surface area (Å²) in [5.41, 5.74) is 1.10. The molecule has 1 aromatic carbocycles. The van der Waals surface area contributed by atoms with Gasteiger partial charge in [-0.05, 0) is 33.6 Å². The minimum Gasteiger partial charge on any atom is -0.496 e. The Morgan fingerprint density at radius 1 is 1.33 bits per heavy atom. The lowest BCUT2D eigenvalue weighted by Gasteiger charge is -2.08. The van der Waals surface area contributed by atoms with E-state index in [1.165, 1.54) is 0 Å². The fraction of sp³-hybridized carbons (Fsp3) is 0.455. The van der Waals surface area contributed by atoms with Gasteiger partial charge in [-0.25, -0.2) is 13.1 Å². The van der Waals surface area contributed by atoms with E-state index in [9.17, 15) is 8.42 Å². The first-order valence-corrected chi connectivity index (χ1v) is 8.08. The van der Waals surface area contributed by atoms with Crippen molar-refractivity contribution in [1.29, 1.82) is 0 Å². The Morgan fingerprint density at radius 3 is 2.61 bits per heavy atom. The average Bonchev–Trinajstić information content (AvgIpc) is 2.27. The average molecular weight is 337 g/mol. The normalized spacial score (nSPS) is 11.5. The molecule has 0 amide bonds. The molecule has 0 radical (unpaired) electrons. The first-order valence-electron chi connectivity index (χ1n) is 5.40. The van der Waals surface area contributed by atoms with Gasteiger partial charge in [-0.2, -0.15) is 0 Å². The molecule has 0 aromatic heterocycles. The van der Waals surface area contributed by atoms with Crippen molar-refractivity contribution in [3.63, 3.8) is 0 Å². The summed E-state index contributed by atoms with van der Waals surface area (Å²) in [7, 11) is -1.48. The van der Waals surface area contributed by atoms with Crippen molar-refractivity contribution >= 4 is 26.0 Å². The molecule has 0 atom stereocenters. The third kappa shape index (κ3) is 5.81. The van der Waals surface area contributed by atoms with E-state index in [2.05, 4.69) is 26.0 Å². The second-order valence-electron chi connectivity index (χ2n) is 3.81. The smallest absolute Gasteiger partial charge is 0.208 e. The number of sulfonamides is 1. The Bertz CT molecular complexity index is 491. The van der Waals surface area contributed by atoms with Crippen molar-refractivity contribution in [3.8, 4) is 5.75 Å². The molecule has 0 heterocycles. The maximum Gasteiger partial charge on any atom is 0.208 e. The van der Waals surface area contributed by atoms with Gasteiger partial charge in [0.15, 0.2) is 0 Å². The standard InChI is InChI=1S/C11H17BrN2O3S/c1-17-11-4-3-9(7-10(11)12)8-13-5-6-14-18(2,15)16/h3-4,7,13-14H,5-6,8H2,1-2H3. The van der Waals surface area contributed by atoms with Crippen molar-refractivity contribution < 1.29 is 13.2 Å².